The number of hydrogen-bond donors (Lipinski definition) is 3. The summed E-state index contributed by atoms with van der Waals surface area (Å²) in [4.78, 5) is 39.3. The van der Waals surface area contributed by atoms with Crippen LogP contribution in [0, 0.1) is 11.8 Å². The molecule has 3 N–H and O–H groups in total. The van der Waals surface area contributed by atoms with Gasteiger partial charge in [0.15, 0.2) is 0 Å². The summed E-state index contributed by atoms with van der Waals surface area (Å²) in [6.07, 6.45) is 3.12. The number of benzene rings is 1. The zero-order valence-electron chi connectivity index (χ0n) is 17.6. The lowest BCUT2D eigenvalue weighted by atomic mass is 9.79. The van der Waals surface area contributed by atoms with E-state index in [1.165, 1.54) is 18.4 Å². The fourth-order valence-corrected chi connectivity index (χ4v) is 6.47. The van der Waals surface area contributed by atoms with E-state index in [1.807, 2.05) is 6.07 Å². The fourth-order valence-electron chi connectivity index (χ4n) is 5.19. The van der Waals surface area contributed by atoms with E-state index >= 15 is 0 Å². The van der Waals surface area contributed by atoms with Crippen molar-refractivity contribution in [2.24, 2.45) is 11.8 Å². The number of carbonyl (C=O) groups excluding carboxylic acids is 2. The molecule has 0 radical (unpaired) electrons. The average Bonchev–Trinajstić information content (AvgIpc) is 3.54. The molecular weight excluding hydrogens is 432 g/mol. The Hall–Kier alpha value is -2.91. The summed E-state index contributed by atoms with van der Waals surface area (Å²) in [5, 5.41) is 15.9. The number of anilines is 2. The predicted molar refractivity (Wildman–Crippen MR) is 118 cm³/mol. The van der Waals surface area contributed by atoms with Crippen molar-refractivity contribution in [2.75, 3.05) is 17.7 Å². The van der Waals surface area contributed by atoms with Crippen LogP contribution in [0.5, 0.6) is 5.75 Å². The van der Waals surface area contributed by atoms with Gasteiger partial charge in [0.05, 0.1) is 42.4 Å². The Morgan fingerprint density at radius 3 is 2.59 bits per heavy atom. The first kappa shape index (κ1) is 21.0. The van der Waals surface area contributed by atoms with Crippen molar-refractivity contribution in [3.8, 4) is 5.75 Å². The van der Waals surface area contributed by atoms with Gasteiger partial charge in [0.25, 0.3) is 5.91 Å². The molecule has 1 aliphatic carbocycles. The van der Waals surface area contributed by atoms with Gasteiger partial charge in [-0.15, -0.1) is 11.3 Å². The number of methoxy groups -OCH3 is 1. The van der Waals surface area contributed by atoms with Crippen LogP contribution in [0.15, 0.2) is 24.3 Å². The van der Waals surface area contributed by atoms with Crippen LogP contribution in [0.25, 0.3) is 0 Å². The van der Waals surface area contributed by atoms with Gasteiger partial charge >= 0.3 is 5.97 Å². The molecule has 2 fully saturated rings. The molecule has 8 nitrogen and oxygen atoms in total. The zero-order chi connectivity index (χ0) is 22.4. The number of aryl methyl sites for hydroxylation is 1. The molecule has 2 bridgehead atoms. The van der Waals surface area contributed by atoms with E-state index in [9.17, 15) is 19.5 Å². The molecule has 1 aromatic heterocycles. The Morgan fingerprint density at radius 2 is 1.84 bits per heavy atom. The molecule has 1 aromatic carbocycles. The quantitative estimate of drug-likeness (QED) is 0.615. The average molecular weight is 457 g/mol. The van der Waals surface area contributed by atoms with Gasteiger partial charge in [-0.1, -0.05) is 12.1 Å². The minimum absolute atomic E-state index is 0.317. The van der Waals surface area contributed by atoms with Crippen LogP contribution in [0.3, 0.4) is 0 Å². The Morgan fingerprint density at radius 1 is 1.09 bits per heavy atom. The van der Waals surface area contributed by atoms with Gasteiger partial charge in [-0.05, 0) is 49.8 Å². The molecule has 2 saturated heterocycles. The molecule has 4 atom stereocenters. The second kappa shape index (κ2) is 8.22. The highest BCUT2D eigenvalue weighted by molar-refractivity contribution is 7.17. The second-order valence-corrected chi connectivity index (χ2v) is 9.49. The fraction of sp³-hybridized carbons (Fsp3) is 0.435. The number of rotatable bonds is 6. The van der Waals surface area contributed by atoms with E-state index in [2.05, 4.69) is 10.6 Å². The third-order valence-corrected chi connectivity index (χ3v) is 7.81. The number of nitrogens with one attached hydrogen (secondary N) is 2. The molecule has 2 aliphatic heterocycles. The SMILES string of the molecule is COc1ccccc1NC(=O)c1c(NC(=O)[C@H]2[C@@H](C(=O)O)[C@@H]3CC[C@H]2O3)sc2c1CCC2. The molecule has 3 heterocycles. The largest absolute Gasteiger partial charge is 0.495 e. The second-order valence-electron chi connectivity index (χ2n) is 8.39. The lowest BCUT2D eigenvalue weighted by Gasteiger charge is -2.23. The summed E-state index contributed by atoms with van der Waals surface area (Å²) < 4.78 is 11.1. The predicted octanol–water partition coefficient (Wildman–Crippen LogP) is 3.31. The third kappa shape index (κ3) is 3.45. The van der Waals surface area contributed by atoms with Gasteiger partial charge in [-0.25, -0.2) is 0 Å². The normalized spacial score (nSPS) is 25.4. The lowest BCUT2D eigenvalue weighted by Crippen LogP contribution is -2.41. The molecule has 0 unspecified atom stereocenters. The first-order valence-corrected chi connectivity index (χ1v) is 11.6. The van der Waals surface area contributed by atoms with Crippen molar-refractivity contribution < 1.29 is 29.0 Å². The van der Waals surface area contributed by atoms with Crippen LogP contribution < -0.4 is 15.4 Å². The summed E-state index contributed by atoms with van der Waals surface area (Å²) in [6, 6.07) is 7.14. The molecule has 0 spiro atoms. The van der Waals surface area contributed by atoms with Crippen LogP contribution in [0.1, 0.15) is 40.1 Å². The number of fused-ring (bicyclic) bond motifs is 3. The van der Waals surface area contributed by atoms with Crippen molar-refractivity contribution >= 4 is 39.8 Å². The van der Waals surface area contributed by atoms with Crippen molar-refractivity contribution in [2.45, 2.75) is 44.3 Å². The molecule has 2 aromatic rings. The van der Waals surface area contributed by atoms with Crippen LogP contribution in [0.2, 0.25) is 0 Å². The molecule has 32 heavy (non-hydrogen) atoms. The first-order chi connectivity index (χ1) is 15.5. The molecule has 2 amide bonds. The standard InChI is InChI=1S/C23H24N2O6S/c1-30-13-7-3-2-6-12(13)24-20(26)17-11-5-4-8-16(11)32-22(17)25-21(27)18-14-9-10-15(31-14)19(18)23(28)29/h2-3,6-7,14-15,18-19H,4-5,8-10H2,1H3,(H,24,26)(H,25,27)(H,28,29)/t14-,15+,18-,19+/m1/s1. The minimum atomic E-state index is -1.01. The monoisotopic (exact) mass is 456 g/mol. The summed E-state index contributed by atoms with van der Waals surface area (Å²) in [5.74, 6) is -2.79. The first-order valence-electron chi connectivity index (χ1n) is 10.8. The maximum atomic E-state index is 13.3. The summed E-state index contributed by atoms with van der Waals surface area (Å²) >= 11 is 1.40. The van der Waals surface area contributed by atoms with Gasteiger partial charge in [-0.3, -0.25) is 14.4 Å². The highest BCUT2D eigenvalue weighted by Crippen LogP contribution is 2.45. The zero-order valence-corrected chi connectivity index (χ0v) is 18.4. The highest BCUT2D eigenvalue weighted by atomic mass is 32.1. The number of ether oxygens (including phenoxy) is 2. The molecule has 3 aliphatic rings. The van der Waals surface area contributed by atoms with Gasteiger partial charge in [0.2, 0.25) is 5.91 Å². The number of thiophene rings is 1. The van der Waals surface area contributed by atoms with Gasteiger partial charge in [0, 0.05) is 4.88 Å². The molecule has 5 rings (SSSR count). The smallest absolute Gasteiger partial charge is 0.310 e. The minimum Gasteiger partial charge on any atom is -0.495 e. The van der Waals surface area contributed by atoms with E-state index in [0.717, 1.165) is 29.7 Å². The number of carboxylic acids is 1. The number of carbonyl (C=O) groups is 3. The summed E-state index contributed by atoms with van der Waals surface area (Å²) in [5.41, 5.74) is 1.96. The van der Waals surface area contributed by atoms with E-state index in [-0.39, 0.29) is 5.91 Å². The Bertz CT molecular complexity index is 1100. The lowest BCUT2D eigenvalue weighted by molar-refractivity contribution is -0.147. The number of hydrogen-bond acceptors (Lipinski definition) is 6. The van der Waals surface area contributed by atoms with Crippen molar-refractivity contribution in [1.29, 1.82) is 0 Å². The third-order valence-electron chi connectivity index (χ3n) is 6.60. The van der Waals surface area contributed by atoms with Crippen molar-refractivity contribution in [3.05, 3.63) is 40.3 Å². The van der Waals surface area contributed by atoms with E-state index in [0.29, 0.717) is 34.8 Å². The van der Waals surface area contributed by atoms with E-state index in [1.54, 1.807) is 18.2 Å². The van der Waals surface area contributed by atoms with E-state index < -0.39 is 35.9 Å². The van der Waals surface area contributed by atoms with Crippen LogP contribution >= 0.6 is 11.3 Å². The molecule has 0 saturated carbocycles. The Balaban J connectivity index is 1.42. The number of para-hydroxylation sites is 2. The van der Waals surface area contributed by atoms with Crippen molar-refractivity contribution in [1.82, 2.24) is 0 Å². The van der Waals surface area contributed by atoms with Crippen molar-refractivity contribution in [3.63, 3.8) is 0 Å². The summed E-state index contributed by atoms with van der Waals surface area (Å²) in [6.45, 7) is 0. The number of aliphatic carboxylic acids is 1. The van der Waals surface area contributed by atoms with Crippen LogP contribution in [-0.2, 0) is 27.2 Å². The van der Waals surface area contributed by atoms with Crippen LogP contribution in [0.4, 0.5) is 10.7 Å². The maximum Gasteiger partial charge on any atom is 0.310 e. The number of carboxylic acid groups (broad SMARTS) is 1. The molecule has 9 heteroatoms. The highest BCUT2D eigenvalue weighted by Gasteiger charge is 2.55. The van der Waals surface area contributed by atoms with Gasteiger partial charge < -0.3 is 25.2 Å². The Labute approximate surface area is 188 Å². The molecule has 168 valence electrons. The van der Waals surface area contributed by atoms with Crippen LogP contribution in [-0.4, -0.2) is 42.2 Å². The topological polar surface area (TPSA) is 114 Å². The number of amides is 2. The molecular formula is C23H24N2O6S. The van der Waals surface area contributed by atoms with Gasteiger partial charge in [0.1, 0.15) is 10.8 Å². The van der Waals surface area contributed by atoms with E-state index in [4.69, 9.17) is 9.47 Å². The van der Waals surface area contributed by atoms with Gasteiger partial charge in [-0.2, -0.15) is 0 Å². The Kier molecular flexibility index (Phi) is 5.38. The maximum absolute atomic E-state index is 13.3. The summed E-state index contributed by atoms with van der Waals surface area (Å²) in [7, 11) is 1.54.